The van der Waals surface area contributed by atoms with E-state index in [2.05, 4.69) is 31.7 Å². The van der Waals surface area contributed by atoms with Crippen molar-refractivity contribution in [3.63, 3.8) is 0 Å². The number of benzene rings is 1. The summed E-state index contributed by atoms with van der Waals surface area (Å²) in [6.07, 6.45) is 4.06. The van der Waals surface area contributed by atoms with Crippen molar-refractivity contribution in [2.45, 2.75) is 18.9 Å². The maximum atomic E-state index is 12.0. The van der Waals surface area contributed by atoms with Crippen LogP contribution in [0.1, 0.15) is 12.8 Å². The zero-order valence-electron chi connectivity index (χ0n) is 13.1. The van der Waals surface area contributed by atoms with Gasteiger partial charge in [0.2, 0.25) is 5.91 Å². The summed E-state index contributed by atoms with van der Waals surface area (Å²) in [6.45, 7) is 0.335. The predicted octanol–water partition coefficient (Wildman–Crippen LogP) is 2.55. The fraction of sp³-hybridized carbons (Fsp3) is 0.375. The number of rotatable bonds is 6. The first-order valence-corrected chi connectivity index (χ1v) is 8.27. The summed E-state index contributed by atoms with van der Waals surface area (Å²) in [6, 6.07) is 6.09. The van der Waals surface area contributed by atoms with Crippen molar-refractivity contribution in [1.82, 2.24) is 15.1 Å². The number of carbonyl (C=O) groups excluding carboxylic acids is 1. The predicted molar refractivity (Wildman–Crippen MR) is 92.6 cm³/mol. The van der Waals surface area contributed by atoms with Gasteiger partial charge >= 0.3 is 0 Å². The minimum Gasteiger partial charge on any atom is -0.496 e. The first-order valence-electron chi connectivity index (χ1n) is 7.47. The number of aromatic nitrogens is 2. The molecule has 1 amide bonds. The second-order valence-electron chi connectivity index (χ2n) is 5.58. The van der Waals surface area contributed by atoms with Crippen LogP contribution in [-0.4, -0.2) is 35.4 Å². The van der Waals surface area contributed by atoms with Crippen molar-refractivity contribution in [2.75, 3.05) is 19.0 Å². The molecule has 2 N–H and O–H groups in total. The molecule has 1 aromatic heterocycles. The Morgan fingerprint density at radius 1 is 1.48 bits per heavy atom. The number of ether oxygens (including phenoxy) is 1. The van der Waals surface area contributed by atoms with Crippen LogP contribution in [0.5, 0.6) is 5.75 Å². The number of aryl methyl sites for hydroxylation is 1. The Morgan fingerprint density at radius 2 is 2.26 bits per heavy atom. The Kier molecular flexibility index (Phi) is 4.68. The van der Waals surface area contributed by atoms with Crippen molar-refractivity contribution in [3.05, 3.63) is 28.9 Å². The van der Waals surface area contributed by atoms with Crippen molar-refractivity contribution < 1.29 is 9.53 Å². The largest absolute Gasteiger partial charge is 0.496 e. The molecule has 1 saturated carbocycles. The van der Waals surface area contributed by atoms with E-state index in [9.17, 15) is 4.79 Å². The third-order valence-electron chi connectivity index (χ3n) is 3.76. The molecule has 0 unspecified atom stereocenters. The molecule has 1 aliphatic carbocycles. The van der Waals surface area contributed by atoms with Gasteiger partial charge in [-0.05, 0) is 47.0 Å². The standard InChI is InChI=1S/C16H19BrN4O2/c1-21-16(13(17)8-19-21)12-7-11(5-6-14(12)23-2)20-15(22)9-18-10-3-4-10/h5-8,10,18H,3-4,9H2,1-2H3,(H,20,22). The Labute approximate surface area is 143 Å². The summed E-state index contributed by atoms with van der Waals surface area (Å²) in [7, 11) is 3.49. The molecule has 122 valence electrons. The minimum absolute atomic E-state index is 0.0444. The van der Waals surface area contributed by atoms with Crippen molar-refractivity contribution >= 4 is 27.5 Å². The van der Waals surface area contributed by atoms with E-state index in [1.807, 2.05) is 25.2 Å². The summed E-state index contributed by atoms with van der Waals surface area (Å²) in [4.78, 5) is 12.0. The molecule has 1 fully saturated rings. The van der Waals surface area contributed by atoms with Gasteiger partial charge in [0.05, 0.1) is 30.0 Å². The van der Waals surface area contributed by atoms with E-state index in [1.165, 1.54) is 0 Å². The Balaban J connectivity index is 1.82. The van der Waals surface area contributed by atoms with E-state index in [1.54, 1.807) is 18.0 Å². The lowest BCUT2D eigenvalue weighted by Gasteiger charge is -2.13. The number of methoxy groups -OCH3 is 1. The molecule has 0 spiro atoms. The highest BCUT2D eigenvalue weighted by Gasteiger charge is 2.21. The van der Waals surface area contributed by atoms with Gasteiger partial charge in [-0.25, -0.2) is 0 Å². The van der Waals surface area contributed by atoms with Gasteiger partial charge in [-0.1, -0.05) is 0 Å². The van der Waals surface area contributed by atoms with Crippen LogP contribution in [0.3, 0.4) is 0 Å². The maximum absolute atomic E-state index is 12.0. The van der Waals surface area contributed by atoms with Crippen LogP contribution in [0.15, 0.2) is 28.9 Å². The zero-order chi connectivity index (χ0) is 16.4. The Bertz CT molecular complexity index is 705. The lowest BCUT2D eigenvalue weighted by Crippen LogP contribution is -2.29. The highest BCUT2D eigenvalue weighted by molar-refractivity contribution is 9.10. The van der Waals surface area contributed by atoms with E-state index in [0.717, 1.165) is 40.0 Å². The topological polar surface area (TPSA) is 68.2 Å². The molecule has 1 heterocycles. The SMILES string of the molecule is COc1ccc(NC(=O)CNC2CC2)cc1-c1c(Br)cnn1C. The molecule has 0 bridgehead atoms. The fourth-order valence-electron chi connectivity index (χ4n) is 2.41. The van der Waals surface area contributed by atoms with E-state index in [-0.39, 0.29) is 5.91 Å². The van der Waals surface area contributed by atoms with E-state index < -0.39 is 0 Å². The summed E-state index contributed by atoms with van der Waals surface area (Å²) in [5, 5.41) is 10.3. The molecule has 0 aliphatic heterocycles. The molecule has 3 rings (SSSR count). The normalized spacial score (nSPS) is 13.9. The van der Waals surface area contributed by atoms with Gasteiger partial charge in [-0.2, -0.15) is 5.10 Å². The summed E-state index contributed by atoms with van der Waals surface area (Å²) in [5.41, 5.74) is 2.50. The number of carbonyl (C=O) groups is 1. The van der Waals surface area contributed by atoms with Crippen LogP contribution >= 0.6 is 15.9 Å². The second-order valence-corrected chi connectivity index (χ2v) is 6.44. The van der Waals surface area contributed by atoms with Gasteiger partial charge < -0.3 is 15.4 Å². The number of amides is 1. The first kappa shape index (κ1) is 16.0. The number of anilines is 1. The van der Waals surface area contributed by atoms with Crippen LogP contribution in [0.4, 0.5) is 5.69 Å². The molecule has 2 aromatic rings. The van der Waals surface area contributed by atoms with Crippen LogP contribution in [0, 0.1) is 0 Å². The van der Waals surface area contributed by atoms with Crippen molar-refractivity contribution in [1.29, 1.82) is 0 Å². The molecule has 1 aliphatic rings. The number of hydrogen-bond donors (Lipinski definition) is 2. The molecule has 0 saturated heterocycles. The van der Waals surface area contributed by atoms with E-state index in [4.69, 9.17) is 4.74 Å². The number of nitrogens with zero attached hydrogens (tertiary/aromatic N) is 2. The maximum Gasteiger partial charge on any atom is 0.238 e. The van der Waals surface area contributed by atoms with Gasteiger partial charge in [-0.3, -0.25) is 9.48 Å². The van der Waals surface area contributed by atoms with Gasteiger partial charge in [0.25, 0.3) is 0 Å². The Morgan fingerprint density at radius 3 is 2.87 bits per heavy atom. The van der Waals surface area contributed by atoms with Gasteiger partial charge in [0, 0.05) is 24.3 Å². The molecule has 6 nitrogen and oxygen atoms in total. The van der Waals surface area contributed by atoms with Gasteiger partial charge in [0.15, 0.2) is 0 Å². The quantitative estimate of drug-likeness (QED) is 0.810. The van der Waals surface area contributed by atoms with Crippen LogP contribution in [0.25, 0.3) is 11.3 Å². The van der Waals surface area contributed by atoms with Gasteiger partial charge in [0.1, 0.15) is 5.75 Å². The molecule has 0 radical (unpaired) electrons. The molecule has 0 atom stereocenters. The smallest absolute Gasteiger partial charge is 0.238 e. The third-order valence-corrected chi connectivity index (χ3v) is 4.34. The molecule has 7 heteroatoms. The average molecular weight is 379 g/mol. The van der Waals surface area contributed by atoms with Crippen molar-refractivity contribution in [3.8, 4) is 17.0 Å². The average Bonchev–Trinajstić information content (AvgIpc) is 3.30. The summed E-state index contributed by atoms with van der Waals surface area (Å²) in [5.74, 6) is 0.681. The number of halogens is 1. The van der Waals surface area contributed by atoms with E-state index in [0.29, 0.717) is 12.6 Å². The highest BCUT2D eigenvalue weighted by atomic mass is 79.9. The Hall–Kier alpha value is -1.86. The highest BCUT2D eigenvalue weighted by Crippen LogP contribution is 2.36. The molecular weight excluding hydrogens is 360 g/mol. The van der Waals surface area contributed by atoms with Crippen LogP contribution < -0.4 is 15.4 Å². The number of nitrogens with one attached hydrogen (secondary N) is 2. The second kappa shape index (κ2) is 6.72. The summed E-state index contributed by atoms with van der Waals surface area (Å²) >= 11 is 3.50. The van der Waals surface area contributed by atoms with Crippen molar-refractivity contribution in [2.24, 2.45) is 7.05 Å². The molecule has 23 heavy (non-hydrogen) atoms. The zero-order valence-corrected chi connectivity index (χ0v) is 14.7. The first-order chi connectivity index (χ1) is 11.1. The molecular formula is C16H19BrN4O2. The van der Waals surface area contributed by atoms with Gasteiger partial charge in [-0.15, -0.1) is 0 Å². The van der Waals surface area contributed by atoms with Crippen LogP contribution in [-0.2, 0) is 11.8 Å². The number of hydrogen-bond acceptors (Lipinski definition) is 4. The lowest BCUT2D eigenvalue weighted by atomic mass is 10.1. The summed E-state index contributed by atoms with van der Waals surface area (Å²) < 4.78 is 8.08. The lowest BCUT2D eigenvalue weighted by molar-refractivity contribution is -0.115. The fourth-order valence-corrected chi connectivity index (χ4v) is 2.98. The van der Waals surface area contributed by atoms with E-state index >= 15 is 0 Å². The van der Waals surface area contributed by atoms with Crippen LogP contribution in [0.2, 0.25) is 0 Å². The molecule has 1 aromatic carbocycles. The minimum atomic E-state index is -0.0444. The third kappa shape index (κ3) is 3.73. The monoisotopic (exact) mass is 378 g/mol.